The zero-order valence-electron chi connectivity index (χ0n) is 9.81. The number of nitrogens with one attached hydrogen (secondary N) is 1. The molecule has 1 nitrogen and oxygen atoms in total. The predicted molar refractivity (Wildman–Crippen MR) is 85.4 cm³/mol. The van der Waals surface area contributed by atoms with Crippen LogP contribution in [0.25, 0.3) is 0 Å². The Bertz CT molecular complexity index is 570. The molecule has 2 aromatic carbocycles. The summed E-state index contributed by atoms with van der Waals surface area (Å²) >= 11 is 13.1. The molecule has 0 unspecified atom stereocenters. The standard InChI is InChI=1S/C14H12Br2ClN/c1-9-2-4-12(7-13(9)16)18-8-10-6-11(15)3-5-14(10)17/h2-7,18H,8H2,1H3. The molecule has 0 aliphatic rings. The van der Waals surface area contributed by atoms with E-state index in [1.54, 1.807) is 0 Å². The van der Waals surface area contributed by atoms with Crippen LogP contribution in [0, 0.1) is 6.92 Å². The van der Waals surface area contributed by atoms with E-state index in [-0.39, 0.29) is 0 Å². The van der Waals surface area contributed by atoms with Gasteiger partial charge in [-0.15, -0.1) is 0 Å². The summed E-state index contributed by atoms with van der Waals surface area (Å²) in [6.45, 7) is 2.77. The first-order chi connectivity index (χ1) is 8.56. The van der Waals surface area contributed by atoms with E-state index in [0.717, 1.165) is 25.2 Å². The molecule has 0 aliphatic carbocycles. The lowest BCUT2D eigenvalue weighted by Crippen LogP contribution is -2.00. The van der Waals surface area contributed by atoms with Gasteiger partial charge in [-0.05, 0) is 48.4 Å². The van der Waals surface area contributed by atoms with Gasteiger partial charge in [-0.2, -0.15) is 0 Å². The monoisotopic (exact) mass is 387 g/mol. The number of benzene rings is 2. The number of hydrogen-bond acceptors (Lipinski definition) is 1. The number of anilines is 1. The summed E-state index contributed by atoms with van der Waals surface area (Å²) in [5.41, 5.74) is 3.37. The van der Waals surface area contributed by atoms with E-state index in [1.165, 1.54) is 5.56 Å². The second kappa shape index (κ2) is 6.09. The molecule has 0 aromatic heterocycles. The fraction of sp³-hybridized carbons (Fsp3) is 0.143. The highest BCUT2D eigenvalue weighted by Gasteiger charge is 2.02. The third kappa shape index (κ3) is 3.50. The van der Waals surface area contributed by atoms with Gasteiger partial charge in [0.05, 0.1) is 0 Å². The van der Waals surface area contributed by atoms with Gasteiger partial charge in [0.1, 0.15) is 0 Å². The van der Waals surface area contributed by atoms with Crippen molar-refractivity contribution in [2.24, 2.45) is 0 Å². The molecule has 0 radical (unpaired) electrons. The van der Waals surface area contributed by atoms with Gasteiger partial charge in [-0.3, -0.25) is 0 Å². The molecule has 0 spiro atoms. The Morgan fingerprint density at radius 2 is 1.89 bits per heavy atom. The molecule has 94 valence electrons. The summed E-state index contributed by atoms with van der Waals surface area (Å²) < 4.78 is 2.14. The Morgan fingerprint density at radius 3 is 2.61 bits per heavy atom. The van der Waals surface area contributed by atoms with E-state index in [2.05, 4.69) is 62.3 Å². The van der Waals surface area contributed by atoms with E-state index in [1.807, 2.05) is 18.2 Å². The molecule has 0 fully saturated rings. The average Bonchev–Trinajstić information content (AvgIpc) is 2.34. The zero-order chi connectivity index (χ0) is 13.1. The number of halogens is 3. The maximum Gasteiger partial charge on any atom is 0.0456 e. The second-order valence-corrected chi connectivity index (χ2v) is 6.23. The summed E-state index contributed by atoms with van der Waals surface area (Å²) in [4.78, 5) is 0. The van der Waals surface area contributed by atoms with Crippen molar-refractivity contribution in [3.63, 3.8) is 0 Å². The van der Waals surface area contributed by atoms with Gasteiger partial charge < -0.3 is 5.32 Å². The van der Waals surface area contributed by atoms with Crippen molar-refractivity contribution < 1.29 is 0 Å². The molecule has 0 heterocycles. The molecule has 2 rings (SSSR count). The summed E-state index contributed by atoms with van der Waals surface area (Å²) in [7, 11) is 0. The highest BCUT2D eigenvalue weighted by molar-refractivity contribution is 9.10. The first kappa shape index (κ1) is 13.9. The van der Waals surface area contributed by atoms with Crippen molar-refractivity contribution >= 4 is 49.1 Å². The molecule has 0 saturated carbocycles. The topological polar surface area (TPSA) is 12.0 Å². The van der Waals surface area contributed by atoms with Gasteiger partial charge in [-0.1, -0.05) is 49.5 Å². The predicted octanol–water partition coefficient (Wildman–Crippen LogP) is 5.79. The van der Waals surface area contributed by atoms with Crippen molar-refractivity contribution in [1.82, 2.24) is 0 Å². The zero-order valence-corrected chi connectivity index (χ0v) is 13.7. The number of aryl methyl sites for hydroxylation is 1. The maximum absolute atomic E-state index is 6.15. The van der Waals surface area contributed by atoms with Crippen LogP contribution in [0.5, 0.6) is 0 Å². The van der Waals surface area contributed by atoms with Crippen LogP contribution in [0.2, 0.25) is 5.02 Å². The Kier molecular flexibility index (Phi) is 4.71. The molecule has 0 aliphatic heterocycles. The van der Waals surface area contributed by atoms with E-state index in [0.29, 0.717) is 6.54 Å². The SMILES string of the molecule is Cc1ccc(NCc2cc(Br)ccc2Cl)cc1Br. The largest absolute Gasteiger partial charge is 0.381 e. The van der Waals surface area contributed by atoms with E-state index in [9.17, 15) is 0 Å². The van der Waals surface area contributed by atoms with Gasteiger partial charge >= 0.3 is 0 Å². The molecule has 2 aromatic rings. The maximum atomic E-state index is 6.15. The summed E-state index contributed by atoms with van der Waals surface area (Å²) in [5.74, 6) is 0. The van der Waals surface area contributed by atoms with Crippen LogP contribution in [-0.4, -0.2) is 0 Å². The average molecular weight is 390 g/mol. The number of rotatable bonds is 3. The summed E-state index contributed by atoms with van der Waals surface area (Å²) in [6.07, 6.45) is 0. The third-order valence-electron chi connectivity index (χ3n) is 2.66. The Balaban J connectivity index is 2.11. The normalized spacial score (nSPS) is 10.4. The van der Waals surface area contributed by atoms with Gasteiger partial charge in [0, 0.05) is 26.2 Å². The minimum Gasteiger partial charge on any atom is -0.381 e. The Morgan fingerprint density at radius 1 is 1.11 bits per heavy atom. The van der Waals surface area contributed by atoms with E-state index >= 15 is 0 Å². The molecule has 4 heteroatoms. The Labute approximate surface area is 129 Å². The Hall–Kier alpha value is -0.510. The molecule has 0 amide bonds. The van der Waals surface area contributed by atoms with Crippen LogP contribution in [0.15, 0.2) is 45.3 Å². The van der Waals surface area contributed by atoms with Gasteiger partial charge in [0.25, 0.3) is 0 Å². The fourth-order valence-corrected chi connectivity index (χ4v) is 2.55. The van der Waals surface area contributed by atoms with Gasteiger partial charge in [0.15, 0.2) is 0 Å². The van der Waals surface area contributed by atoms with Crippen LogP contribution >= 0.6 is 43.5 Å². The molecule has 0 saturated heterocycles. The lowest BCUT2D eigenvalue weighted by molar-refractivity contribution is 1.14. The fourth-order valence-electron chi connectivity index (χ4n) is 1.58. The van der Waals surface area contributed by atoms with Crippen molar-refractivity contribution in [3.05, 3.63) is 61.5 Å². The second-order valence-electron chi connectivity index (χ2n) is 4.05. The molecule has 0 bridgehead atoms. The molecular weight excluding hydrogens is 377 g/mol. The number of hydrogen-bond donors (Lipinski definition) is 1. The molecule has 1 N–H and O–H groups in total. The van der Waals surface area contributed by atoms with Gasteiger partial charge in [-0.25, -0.2) is 0 Å². The van der Waals surface area contributed by atoms with Crippen LogP contribution in [-0.2, 0) is 6.54 Å². The molecule has 18 heavy (non-hydrogen) atoms. The smallest absolute Gasteiger partial charge is 0.0456 e. The van der Waals surface area contributed by atoms with Crippen molar-refractivity contribution in [3.8, 4) is 0 Å². The quantitative estimate of drug-likeness (QED) is 0.701. The van der Waals surface area contributed by atoms with Crippen LogP contribution in [0.1, 0.15) is 11.1 Å². The minimum atomic E-state index is 0.702. The lowest BCUT2D eigenvalue weighted by atomic mass is 10.2. The van der Waals surface area contributed by atoms with Gasteiger partial charge in [0.2, 0.25) is 0 Å². The van der Waals surface area contributed by atoms with E-state index < -0.39 is 0 Å². The minimum absolute atomic E-state index is 0.702. The third-order valence-corrected chi connectivity index (χ3v) is 4.38. The lowest BCUT2D eigenvalue weighted by Gasteiger charge is -2.10. The summed E-state index contributed by atoms with van der Waals surface area (Å²) in [5, 5.41) is 4.14. The first-order valence-electron chi connectivity index (χ1n) is 5.50. The highest BCUT2D eigenvalue weighted by atomic mass is 79.9. The van der Waals surface area contributed by atoms with Crippen LogP contribution in [0.4, 0.5) is 5.69 Å². The van der Waals surface area contributed by atoms with Crippen LogP contribution < -0.4 is 5.32 Å². The summed E-state index contributed by atoms with van der Waals surface area (Å²) in [6, 6.07) is 12.1. The van der Waals surface area contributed by atoms with Crippen LogP contribution in [0.3, 0.4) is 0 Å². The molecular formula is C14H12Br2ClN. The van der Waals surface area contributed by atoms with Crippen molar-refractivity contribution in [2.45, 2.75) is 13.5 Å². The molecule has 0 atom stereocenters. The van der Waals surface area contributed by atoms with E-state index in [4.69, 9.17) is 11.6 Å². The van der Waals surface area contributed by atoms with Crippen molar-refractivity contribution in [2.75, 3.05) is 5.32 Å². The highest BCUT2D eigenvalue weighted by Crippen LogP contribution is 2.24. The first-order valence-corrected chi connectivity index (χ1v) is 7.46. The van der Waals surface area contributed by atoms with Crippen molar-refractivity contribution in [1.29, 1.82) is 0 Å².